The maximum atomic E-state index is 12.0. The lowest BCUT2D eigenvalue weighted by molar-refractivity contribution is -0.385. The minimum atomic E-state index is -0.539. The molecule has 0 atom stereocenters. The number of anilines is 1. The van der Waals surface area contributed by atoms with E-state index < -0.39 is 10.8 Å². The first kappa shape index (κ1) is 23.4. The number of hydrogen-bond acceptors (Lipinski definition) is 6. The van der Waals surface area contributed by atoms with Crippen molar-refractivity contribution in [3.05, 3.63) is 99.1 Å². The second-order valence-electron chi connectivity index (χ2n) is 6.75. The average molecular weight is 467 g/mol. The van der Waals surface area contributed by atoms with Gasteiger partial charge in [-0.25, -0.2) is 5.43 Å². The Hall–Kier alpha value is -4.24. The first-order chi connectivity index (χ1) is 15.9. The molecule has 0 radical (unpaired) electrons. The van der Waals surface area contributed by atoms with Gasteiger partial charge >= 0.3 is 0 Å². The Kier molecular flexibility index (Phi) is 8.09. The van der Waals surface area contributed by atoms with E-state index in [-0.39, 0.29) is 35.2 Å². The fourth-order valence-corrected chi connectivity index (χ4v) is 3.05. The summed E-state index contributed by atoms with van der Waals surface area (Å²) in [4.78, 5) is 34.5. The normalized spacial score (nSPS) is 10.6. The number of nitro benzene ring substituents is 1. The second-order valence-corrected chi connectivity index (χ2v) is 7.16. The van der Waals surface area contributed by atoms with Crippen LogP contribution in [0.4, 0.5) is 11.4 Å². The SMILES string of the molecule is O=C(Cc1ccccc1[N+](=O)[O-])NN=Cc1ccc(OCC(=O)Nc2ccccc2)c(Cl)c1. The summed E-state index contributed by atoms with van der Waals surface area (Å²) in [5.74, 6) is -0.516. The molecule has 0 saturated heterocycles. The summed E-state index contributed by atoms with van der Waals surface area (Å²) in [6, 6.07) is 19.8. The van der Waals surface area contributed by atoms with E-state index in [2.05, 4.69) is 15.8 Å². The topological polar surface area (TPSA) is 123 Å². The van der Waals surface area contributed by atoms with E-state index in [0.717, 1.165) is 0 Å². The van der Waals surface area contributed by atoms with Crippen molar-refractivity contribution in [1.29, 1.82) is 0 Å². The molecule has 3 aromatic carbocycles. The molecule has 10 heteroatoms. The van der Waals surface area contributed by atoms with Crippen molar-refractivity contribution in [3.63, 3.8) is 0 Å². The smallest absolute Gasteiger partial charge is 0.273 e. The van der Waals surface area contributed by atoms with Gasteiger partial charge in [-0.05, 0) is 35.9 Å². The van der Waals surface area contributed by atoms with E-state index in [1.54, 1.807) is 36.4 Å². The van der Waals surface area contributed by atoms with Gasteiger partial charge in [0.05, 0.1) is 22.6 Å². The van der Waals surface area contributed by atoms with Gasteiger partial charge in [0.2, 0.25) is 5.91 Å². The minimum Gasteiger partial charge on any atom is -0.482 e. The monoisotopic (exact) mass is 466 g/mol. The molecular weight excluding hydrogens is 448 g/mol. The summed E-state index contributed by atoms with van der Waals surface area (Å²) >= 11 is 6.20. The molecule has 2 N–H and O–H groups in total. The molecule has 0 heterocycles. The predicted molar refractivity (Wildman–Crippen MR) is 125 cm³/mol. The number of carbonyl (C=O) groups excluding carboxylic acids is 2. The first-order valence-electron chi connectivity index (χ1n) is 9.74. The zero-order valence-corrected chi connectivity index (χ0v) is 18.0. The predicted octanol–water partition coefficient (Wildman–Crippen LogP) is 3.96. The lowest BCUT2D eigenvalue weighted by atomic mass is 10.1. The van der Waals surface area contributed by atoms with E-state index in [9.17, 15) is 19.7 Å². The molecule has 0 aliphatic carbocycles. The third-order valence-corrected chi connectivity index (χ3v) is 4.61. The second kappa shape index (κ2) is 11.4. The Balaban J connectivity index is 1.51. The summed E-state index contributed by atoms with van der Waals surface area (Å²) in [6.45, 7) is -0.219. The molecule has 9 nitrogen and oxygen atoms in total. The van der Waals surface area contributed by atoms with Gasteiger partial charge < -0.3 is 10.1 Å². The lowest BCUT2D eigenvalue weighted by Crippen LogP contribution is -2.20. The third-order valence-electron chi connectivity index (χ3n) is 4.31. The maximum Gasteiger partial charge on any atom is 0.273 e. The van der Waals surface area contributed by atoms with E-state index in [0.29, 0.717) is 17.0 Å². The highest BCUT2D eigenvalue weighted by Gasteiger charge is 2.15. The number of benzene rings is 3. The molecule has 0 bridgehead atoms. The minimum absolute atomic E-state index is 0.128. The zero-order chi connectivity index (χ0) is 23.6. The number of hydrogen-bond donors (Lipinski definition) is 2. The molecule has 0 aliphatic rings. The van der Waals surface area contributed by atoms with E-state index in [1.165, 1.54) is 24.4 Å². The Morgan fingerprint density at radius 3 is 2.48 bits per heavy atom. The van der Waals surface area contributed by atoms with Crippen molar-refractivity contribution in [3.8, 4) is 5.75 Å². The zero-order valence-electron chi connectivity index (χ0n) is 17.2. The summed E-state index contributed by atoms with van der Waals surface area (Å²) in [5, 5.41) is 17.8. The van der Waals surface area contributed by atoms with E-state index in [4.69, 9.17) is 16.3 Å². The van der Waals surface area contributed by atoms with Crippen LogP contribution in [0.3, 0.4) is 0 Å². The molecule has 3 rings (SSSR count). The standard InChI is InChI=1S/C23H19ClN4O5/c24-19-12-16(10-11-21(19)33-15-23(30)26-18-7-2-1-3-8-18)14-25-27-22(29)13-17-6-4-5-9-20(17)28(31)32/h1-12,14H,13,15H2,(H,26,30)(H,27,29). The molecular formula is C23H19ClN4O5. The molecule has 3 aromatic rings. The van der Waals surface area contributed by atoms with Crippen LogP contribution in [0.15, 0.2) is 77.9 Å². The van der Waals surface area contributed by atoms with Crippen LogP contribution in [-0.4, -0.2) is 29.6 Å². The van der Waals surface area contributed by atoms with Gasteiger partial charge in [-0.2, -0.15) is 5.10 Å². The molecule has 0 spiro atoms. The largest absolute Gasteiger partial charge is 0.482 e. The summed E-state index contributed by atoms with van der Waals surface area (Å²) < 4.78 is 5.45. The fourth-order valence-electron chi connectivity index (χ4n) is 2.81. The van der Waals surface area contributed by atoms with Crippen molar-refractivity contribution < 1.29 is 19.2 Å². The van der Waals surface area contributed by atoms with Crippen LogP contribution in [0.2, 0.25) is 5.02 Å². The number of carbonyl (C=O) groups is 2. The number of amides is 2. The van der Waals surface area contributed by atoms with Crippen molar-refractivity contribution in [2.45, 2.75) is 6.42 Å². The van der Waals surface area contributed by atoms with Crippen LogP contribution in [0.5, 0.6) is 5.75 Å². The van der Waals surface area contributed by atoms with Gasteiger partial charge in [0.15, 0.2) is 6.61 Å². The molecule has 0 aliphatic heterocycles. The average Bonchev–Trinajstić information content (AvgIpc) is 2.79. The first-order valence-corrected chi connectivity index (χ1v) is 10.1. The third kappa shape index (κ3) is 7.15. The van der Waals surface area contributed by atoms with Crippen LogP contribution < -0.4 is 15.5 Å². The highest BCUT2D eigenvalue weighted by Crippen LogP contribution is 2.25. The quantitative estimate of drug-likeness (QED) is 0.281. The Labute approximate surface area is 194 Å². The summed E-state index contributed by atoms with van der Waals surface area (Å²) in [7, 11) is 0. The highest BCUT2D eigenvalue weighted by atomic mass is 35.5. The molecule has 168 valence electrons. The number of ether oxygens (including phenoxy) is 1. The number of halogens is 1. The van der Waals surface area contributed by atoms with E-state index in [1.807, 2.05) is 18.2 Å². The van der Waals surface area contributed by atoms with Crippen LogP contribution in [-0.2, 0) is 16.0 Å². The fraction of sp³-hybridized carbons (Fsp3) is 0.0870. The lowest BCUT2D eigenvalue weighted by Gasteiger charge is -2.09. The Morgan fingerprint density at radius 1 is 1.03 bits per heavy atom. The van der Waals surface area contributed by atoms with Crippen LogP contribution in [0.25, 0.3) is 0 Å². The van der Waals surface area contributed by atoms with Crippen molar-refractivity contribution >= 4 is 41.0 Å². The molecule has 0 saturated carbocycles. The van der Waals surface area contributed by atoms with Crippen molar-refractivity contribution in [2.24, 2.45) is 5.10 Å². The van der Waals surface area contributed by atoms with E-state index >= 15 is 0 Å². The number of para-hydroxylation sites is 2. The molecule has 0 aromatic heterocycles. The van der Waals surface area contributed by atoms with Crippen LogP contribution in [0.1, 0.15) is 11.1 Å². The highest BCUT2D eigenvalue weighted by molar-refractivity contribution is 6.32. The summed E-state index contributed by atoms with van der Waals surface area (Å²) in [5.41, 5.74) is 3.72. The number of nitrogens with one attached hydrogen (secondary N) is 2. The van der Waals surface area contributed by atoms with Crippen molar-refractivity contribution in [2.75, 3.05) is 11.9 Å². The molecule has 33 heavy (non-hydrogen) atoms. The van der Waals surface area contributed by atoms with Crippen LogP contribution >= 0.6 is 11.6 Å². The number of rotatable bonds is 9. The number of nitro groups is 1. The van der Waals surface area contributed by atoms with Gasteiger partial charge in [0.25, 0.3) is 11.6 Å². The van der Waals surface area contributed by atoms with Crippen molar-refractivity contribution in [1.82, 2.24) is 5.43 Å². The summed E-state index contributed by atoms with van der Waals surface area (Å²) in [6.07, 6.45) is 1.18. The Bertz CT molecular complexity index is 1180. The van der Waals surface area contributed by atoms with Gasteiger partial charge in [0.1, 0.15) is 5.75 Å². The van der Waals surface area contributed by atoms with Gasteiger partial charge in [-0.1, -0.05) is 48.0 Å². The van der Waals surface area contributed by atoms with Crippen LogP contribution in [0, 0.1) is 10.1 Å². The number of nitrogens with zero attached hydrogens (tertiary/aromatic N) is 2. The molecule has 2 amide bonds. The van der Waals surface area contributed by atoms with Gasteiger partial charge in [0, 0.05) is 17.3 Å². The number of hydrazone groups is 1. The Morgan fingerprint density at radius 2 is 1.76 bits per heavy atom. The molecule has 0 fully saturated rings. The maximum absolute atomic E-state index is 12.0. The van der Waals surface area contributed by atoms with Gasteiger partial charge in [-0.3, -0.25) is 19.7 Å². The molecule has 0 unspecified atom stereocenters. The van der Waals surface area contributed by atoms with Gasteiger partial charge in [-0.15, -0.1) is 0 Å².